The fraction of sp³-hybridized carbons (Fsp3) is 0.500. The monoisotopic (exact) mass is 193 g/mol. The molecule has 14 heavy (non-hydrogen) atoms. The number of hydrogen-bond donors (Lipinski definition) is 0. The van der Waals surface area contributed by atoms with Crippen LogP contribution in [0.15, 0.2) is 6.33 Å². The summed E-state index contributed by atoms with van der Waals surface area (Å²) >= 11 is 0. The van der Waals surface area contributed by atoms with Gasteiger partial charge in [0, 0.05) is 5.92 Å². The first-order valence-electron chi connectivity index (χ1n) is 4.65. The molecule has 0 fully saturated rings. The third kappa shape index (κ3) is 1.87. The third-order valence-corrected chi connectivity index (χ3v) is 2.29. The highest BCUT2D eigenvalue weighted by Crippen LogP contribution is 2.23. The molecule has 0 spiro atoms. The van der Waals surface area contributed by atoms with Crippen LogP contribution in [0.25, 0.3) is 0 Å². The Morgan fingerprint density at radius 1 is 1.43 bits per heavy atom. The van der Waals surface area contributed by atoms with Crippen LogP contribution in [0.1, 0.15) is 44.0 Å². The lowest BCUT2D eigenvalue weighted by Crippen LogP contribution is -2.05. The van der Waals surface area contributed by atoms with Crippen LogP contribution in [-0.2, 0) is 0 Å². The van der Waals surface area contributed by atoms with Crippen molar-refractivity contribution >= 4 is 0 Å². The van der Waals surface area contributed by atoms with Gasteiger partial charge in [0.2, 0.25) is 0 Å². The van der Waals surface area contributed by atoms with Gasteiger partial charge in [0.25, 0.3) is 0 Å². The molecule has 1 rings (SSSR count). The Bertz CT molecular complexity index is 353. The Labute approximate surface area is 82.6 Å². The second-order valence-electron chi connectivity index (χ2n) is 3.05. The summed E-state index contributed by atoms with van der Waals surface area (Å²) < 4.78 is 13.5. The maximum Gasteiger partial charge on any atom is 0.181 e. The molecule has 0 aliphatic rings. The fourth-order valence-electron chi connectivity index (χ4n) is 1.42. The van der Waals surface area contributed by atoms with Gasteiger partial charge in [0.05, 0.1) is 5.69 Å². The van der Waals surface area contributed by atoms with E-state index in [1.807, 2.05) is 13.8 Å². The first kappa shape index (κ1) is 10.6. The second kappa shape index (κ2) is 4.66. The minimum absolute atomic E-state index is 0.0742. The van der Waals surface area contributed by atoms with Gasteiger partial charge in [-0.3, -0.25) is 0 Å². The van der Waals surface area contributed by atoms with Crippen molar-refractivity contribution in [2.45, 2.75) is 32.6 Å². The molecule has 0 amide bonds. The molecule has 1 aromatic rings. The van der Waals surface area contributed by atoms with E-state index in [2.05, 4.69) is 9.97 Å². The number of nitriles is 1. The van der Waals surface area contributed by atoms with Gasteiger partial charge in [-0.1, -0.05) is 13.8 Å². The predicted molar refractivity (Wildman–Crippen MR) is 50.0 cm³/mol. The summed E-state index contributed by atoms with van der Waals surface area (Å²) in [5, 5.41) is 8.59. The Hall–Kier alpha value is -1.50. The lowest BCUT2D eigenvalue weighted by atomic mass is 9.98. The van der Waals surface area contributed by atoms with E-state index in [1.165, 1.54) is 6.33 Å². The van der Waals surface area contributed by atoms with Crippen LogP contribution in [0.3, 0.4) is 0 Å². The van der Waals surface area contributed by atoms with Gasteiger partial charge in [-0.25, -0.2) is 14.4 Å². The molecule has 0 saturated carbocycles. The molecule has 0 radical (unpaired) electrons. The van der Waals surface area contributed by atoms with Gasteiger partial charge >= 0.3 is 0 Å². The molecule has 74 valence electrons. The summed E-state index contributed by atoms with van der Waals surface area (Å²) in [6.45, 7) is 3.95. The lowest BCUT2D eigenvalue weighted by Gasteiger charge is -2.11. The van der Waals surface area contributed by atoms with Crippen molar-refractivity contribution in [2.75, 3.05) is 0 Å². The van der Waals surface area contributed by atoms with E-state index in [9.17, 15) is 4.39 Å². The van der Waals surface area contributed by atoms with Crippen molar-refractivity contribution in [3.05, 3.63) is 23.5 Å². The van der Waals surface area contributed by atoms with E-state index < -0.39 is 5.82 Å². The zero-order valence-electron chi connectivity index (χ0n) is 8.29. The fourth-order valence-corrected chi connectivity index (χ4v) is 1.42. The quantitative estimate of drug-likeness (QED) is 0.740. The minimum Gasteiger partial charge on any atom is -0.238 e. The Morgan fingerprint density at radius 2 is 2.07 bits per heavy atom. The van der Waals surface area contributed by atoms with Crippen LogP contribution in [0.5, 0.6) is 0 Å². The summed E-state index contributed by atoms with van der Waals surface area (Å²) in [6.07, 6.45) is 2.87. The highest BCUT2D eigenvalue weighted by molar-refractivity contribution is 5.25. The normalized spacial score (nSPS) is 10.2. The molecule has 0 aliphatic heterocycles. The van der Waals surface area contributed by atoms with E-state index in [0.717, 1.165) is 12.8 Å². The molecular formula is C10H12FN3. The highest BCUT2D eigenvalue weighted by atomic mass is 19.1. The Kier molecular flexibility index (Phi) is 3.52. The molecule has 0 atom stereocenters. The molecule has 0 unspecified atom stereocenters. The second-order valence-corrected chi connectivity index (χ2v) is 3.05. The van der Waals surface area contributed by atoms with Gasteiger partial charge in [-0.2, -0.15) is 5.26 Å². The van der Waals surface area contributed by atoms with Crippen molar-refractivity contribution in [3.63, 3.8) is 0 Å². The highest BCUT2D eigenvalue weighted by Gasteiger charge is 2.17. The Balaban J connectivity index is 3.15. The van der Waals surface area contributed by atoms with Crippen LogP contribution < -0.4 is 0 Å². The van der Waals surface area contributed by atoms with Gasteiger partial charge in [0.15, 0.2) is 11.5 Å². The molecule has 0 aromatic carbocycles. The average Bonchev–Trinajstić information content (AvgIpc) is 2.22. The van der Waals surface area contributed by atoms with Crippen LogP contribution in [0.4, 0.5) is 4.39 Å². The van der Waals surface area contributed by atoms with Crippen LogP contribution in [0.2, 0.25) is 0 Å². The van der Waals surface area contributed by atoms with E-state index >= 15 is 0 Å². The smallest absolute Gasteiger partial charge is 0.181 e. The van der Waals surface area contributed by atoms with E-state index in [1.54, 1.807) is 6.07 Å². The van der Waals surface area contributed by atoms with E-state index in [4.69, 9.17) is 5.26 Å². The maximum atomic E-state index is 13.5. The first-order chi connectivity index (χ1) is 6.74. The number of rotatable bonds is 3. The number of hydrogen-bond acceptors (Lipinski definition) is 3. The van der Waals surface area contributed by atoms with Gasteiger partial charge in [0.1, 0.15) is 12.4 Å². The van der Waals surface area contributed by atoms with Crippen molar-refractivity contribution < 1.29 is 4.39 Å². The SMILES string of the molecule is CCC(CC)c1ncnc(C#N)c1F. The summed E-state index contributed by atoms with van der Waals surface area (Å²) in [7, 11) is 0. The van der Waals surface area contributed by atoms with Crippen LogP contribution in [-0.4, -0.2) is 9.97 Å². The summed E-state index contributed by atoms with van der Waals surface area (Å²) in [6, 6.07) is 1.71. The van der Waals surface area contributed by atoms with Crippen LogP contribution >= 0.6 is 0 Å². The van der Waals surface area contributed by atoms with E-state index in [-0.39, 0.29) is 11.6 Å². The summed E-state index contributed by atoms with van der Waals surface area (Å²) in [5.74, 6) is -0.492. The van der Waals surface area contributed by atoms with Crippen molar-refractivity contribution in [3.8, 4) is 6.07 Å². The Morgan fingerprint density at radius 3 is 2.57 bits per heavy atom. The van der Waals surface area contributed by atoms with Crippen LogP contribution in [0, 0.1) is 17.1 Å². The molecule has 0 saturated heterocycles. The zero-order chi connectivity index (χ0) is 10.6. The molecule has 0 aliphatic carbocycles. The molecule has 1 heterocycles. The summed E-state index contributed by atoms with van der Waals surface area (Å²) in [5.41, 5.74) is 0.198. The van der Waals surface area contributed by atoms with Gasteiger partial charge in [-0.05, 0) is 12.8 Å². The van der Waals surface area contributed by atoms with Gasteiger partial charge < -0.3 is 0 Å². The van der Waals surface area contributed by atoms with E-state index in [0.29, 0.717) is 5.69 Å². The van der Waals surface area contributed by atoms with Gasteiger partial charge in [-0.15, -0.1) is 0 Å². The number of aromatic nitrogens is 2. The van der Waals surface area contributed by atoms with Crippen molar-refractivity contribution in [2.24, 2.45) is 0 Å². The molecule has 3 nitrogen and oxygen atoms in total. The lowest BCUT2D eigenvalue weighted by molar-refractivity contribution is 0.532. The first-order valence-corrected chi connectivity index (χ1v) is 4.65. The minimum atomic E-state index is -0.566. The number of halogens is 1. The predicted octanol–water partition coefficient (Wildman–Crippen LogP) is 2.39. The molecule has 0 N–H and O–H groups in total. The maximum absolute atomic E-state index is 13.5. The van der Waals surface area contributed by atoms with Crippen molar-refractivity contribution in [1.82, 2.24) is 9.97 Å². The third-order valence-electron chi connectivity index (χ3n) is 2.29. The standard InChI is InChI=1S/C10H12FN3/c1-3-7(4-2)10-9(11)8(5-12)13-6-14-10/h6-7H,3-4H2,1-2H3. The summed E-state index contributed by atoms with van der Waals surface area (Å²) in [4.78, 5) is 7.45. The zero-order valence-corrected chi connectivity index (χ0v) is 8.29. The molecule has 0 bridgehead atoms. The van der Waals surface area contributed by atoms with Crippen molar-refractivity contribution in [1.29, 1.82) is 5.26 Å². The number of nitrogens with zero attached hydrogens (tertiary/aromatic N) is 3. The topological polar surface area (TPSA) is 49.6 Å². The average molecular weight is 193 g/mol. The molecule has 4 heteroatoms. The molecular weight excluding hydrogens is 181 g/mol. The molecule has 1 aromatic heterocycles. The largest absolute Gasteiger partial charge is 0.238 e.